The first-order valence-electron chi connectivity index (χ1n) is 11.8. The van der Waals surface area contributed by atoms with Gasteiger partial charge in [0, 0.05) is 35.1 Å². The Morgan fingerprint density at radius 3 is 2.74 bits per heavy atom. The summed E-state index contributed by atoms with van der Waals surface area (Å²) in [5.74, 6) is 3.66. The number of aromatic amines is 1. The molecule has 0 radical (unpaired) electrons. The molecule has 1 aliphatic rings. The van der Waals surface area contributed by atoms with Crippen molar-refractivity contribution in [3.8, 4) is 16.9 Å². The first-order chi connectivity index (χ1) is 16.4. The number of imidazole rings is 1. The quantitative estimate of drug-likeness (QED) is 0.484. The number of aromatic nitrogens is 5. The lowest BCUT2D eigenvalue weighted by molar-refractivity contribution is 0.331. The Morgan fingerprint density at radius 1 is 1.09 bits per heavy atom. The van der Waals surface area contributed by atoms with E-state index in [1.54, 1.807) is 0 Å². The number of rotatable bonds is 5. The summed E-state index contributed by atoms with van der Waals surface area (Å²) in [5, 5.41) is 0. The van der Waals surface area contributed by atoms with Gasteiger partial charge in [-0.25, -0.2) is 19.9 Å². The van der Waals surface area contributed by atoms with Gasteiger partial charge in [-0.05, 0) is 58.1 Å². The maximum Gasteiger partial charge on any atom is 0.157 e. The number of H-pyrrole nitrogens is 1. The van der Waals surface area contributed by atoms with Gasteiger partial charge in [-0.15, -0.1) is 0 Å². The highest BCUT2D eigenvalue weighted by Crippen LogP contribution is 2.32. The first kappa shape index (κ1) is 22.3. The minimum absolute atomic E-state index is 0.613. The third kappa shape index (κ3) is 4.33. The number of anilines is 1. The van der Waals surface area contributed by atoms with Crippen LogP contribution in [0, 0.1) is 13.8 Å². The Bertz CT molecular complexity index is 1340. The average molecular weight is 458 g/mol. The summed E-state index contributed by atoms with van der Waals surface area (Å²) < 4.78 is 6.14. The van der Waals surface area contributed by atoms with Gasteiger partial charge in [-0.1, -0.05) is 13.0 Å². The Morgan fingerprint density at radius 2 is 1.94 bits per heavy atom. The summed E-state index contributed by atoms with van der Waals surface area (Å²) in [5.41, 5.74) is 7.22. The zero-order valence-corrected chi connectivity index (χ0v) is 20.5. The molecule has 3 aromatic heterocycles. The fourth-order valence-corrected chi connectivity index (χ4v) is 4.59. The van der Waals surface area contributed by atoms with Crippen LogP contribution in [0.5, 0.6) is 5.75 Å². The monoisotopic (exact) mass is 457 g/mol. The Labute approximate surface area is 200 Å². The second-order valence-electron chi connectivity index (χ2n) is 9.13. The van der Waals surface area contributed by atoms with E-state index in [-0.39, 0.29) is 0 Å². The van der Waals surface area contributed by atoms with Gasteiger partial charge >= 0.3 is 0 Å². The van der Waals surface area contributed by atoms with Crippen molar-refractivity contribution in [3.05, 3.63) is 58.9 Å². The number of aryl methyl sites for hydroxylation is 2. The largest absolute Gasteiger partial charge is 0.491 e. The second-order valence-corrected chi connectivity index (χ2v) is 9.13. The number of ether oxygens (including phenoxy) is 1. The van der Waals surface area contributed by atoms with Crippen molar-refractivity contribution in [1.82, 2.24) is 29.8 Å². The molecular weight excluding hydrogens is 426 g/mol. The van der Waals surface area contributed by atoms with Gasteiger partial charge in [-0.3, -0.25) is 0 Å². The van der Waals surface area contributed by atoms with E-state index in [1.807, 2.05) is 27.2 Å². The van der Waals surface area contributed by atoms with Crippen LogP contribution in [0.2, 0.25) is 0 Å². The highest BCUT2D eigenvalue weighted by molar-refractivity contribution is 5.78. The molecule has 1 aromatic carbocycles. The fourth-order valence-electron chi connectivity index (χ4n) is 4.59. The highest BCUT2D eigenvalue weighted by Gasteiger charge is 2.22. The second kappa shape index (κ2) is 9.02. The van der Waals surface area contributed by atoms with Crippen LogP contribution >= 0.6 is 0 Å². The van der Waals surface area contributed by atoms with Gasteiger partial charge in [0.1, 0.15) is 35.3 Å². The lowest BCUT2D eigenvalue weighted by Crippen LogP contribution is -2.29. The van der Waals surface area contributed by atoms with E-state index in [1.165, 1.54) is 5.56 Å². The summed E-state index contributed by atoms with van der Waals surface area (Å²) >= 11 is 0. The van der Waals surface area contributed by atoms with E-state index < -0.39 is 0 Å². The normalized spacial score (nSPS) is 13.8. The van der Waals surface area contributed by atoms with E-state index in [0.717, 1.165) is 76.3 Å². The Kier molecular flexibility index (Phi) is 5.91. The molecule has 34 heavy (non-hydrogen) atoms. The SMILES string of the molecule is CCc1c(C)nc(CN(C)C)nc1N1CCOc2ccc(-c3cnc4[nH]c(C)nc4c3)cc2C1. The number of pyridine rings is 1. The van der Waals surface area contributed by atoms with Crippen LogP contribution in [0.3, 0.4) is 0 Å². The molecule has 8 nitrogen and oxygen atoms in total. The van der Waals surface area contributed by atoms with E-state index in [4.69, 9.17) is 14.7 Å². The predicted octanol–water partition coefficient (Wildman–Crippen LogP) is 4.05. The first-order valence-corrected chi connectivity index (χ1v) is 11.8. The van der Waals surface area contributed by atoms with Crippen molar-refractivity contribution in [1.29, 1.82) is 0 Å². The van der Waals surface area contributed by atoms with Gasteiger partial charge in [0.05, 0.1) is 13.1 Å². The van der Waals surface area contributed by atoms with Gasteiger partial charge < -0.3 is 19.5 Å². The standard InChI is InChI=1S/C26H31N7O/c1-6-21-16(2)28-24(15-32(4)5)31-26(21)33-9-10-34-23-8-7-18(11-20(23)14-33)19-12-22-25(27-13-19)30-17(3)29-22/h7-8,11-13H,6,9-10,14-15H2,1-5H3,(H,27,29,30). The minimum atomic E-state index is 0.613. The van der Waals surface area contributed by atoms with Crippen LogP contribution in [0.15, 0.2) is 30.5 Å². The van der Waals surface area contributed by atoms with Gasteiger partial charge in [0.25, 0.3) is 0 Å². The van der Waals surface area contributed by atoms with Crippen molar-refractivity contribution in [2.24, 2.45) is 0 Å². The molecule has 0 unspecified atom stereocenters. The molecule has 0 spiro atoms. The third-order valence-corrected chi connectivity index (χ3v) is 6.18. The number of benzene rings is 1. The maximum absolute atomic E-state index is 6.14. The Balaban J connectivity index is 1.51. The molecule has 4 heterocycles. The molecule has 0 atom stereocenters. The summed E-state index contributed by atoms with van der Waals surface area (Å²) in [4.78, 5) is 26.5. The van der Waals surface area contributed by atoms with Crippen LogP contribution < -0.4 is 9.64 Å². The van der Waals surface area contributed by atoms with E-state index in [2.05, 4.69) is 62.9 Å². The number of hydrogen-bond acceptors (Lipinski definition) is 7. The van der Waals surface area contributed by atoms with Gasteiger partial charge in [0.2, 0.25) is 0 Å². The molecule has 1 N–H and O–H groups in total. The molecule has 1 aliphatic heterocycles. The van der Waals surface area contributed by atoms with Crippen LogP contribution in [0.4, 0.5) is 5.82 Å². The molecule has 0 saturated heterocycles. The summed E-state index contributed by atoms with van der Waals surface area (Å²) in [7, 11) is 4.08. The number of nitrogens with zero attached hydrogens (tertiary/aromatic N) is 6. The molecule has 8 heteroatoms. The summed E-state index contributed by atoms with van der Waals surface area (Å²) in [6.07, 6.45) is 2.79. The van der Waals surface area contributed by atoms with Crippen LogP contribution in [-0.4, -0.2) is 57.1 Å². The van der Waals surface area contributed by atoms with Crippen LogP contribution in [0.1, 0.15) is 35.4 Å². The van der Waals surface area contributed by atoms with Crippen molar-refractivity contribution >= 4 is 17.0 Å². The molecule has 4 aromatic rings. The molecule has 0 amide bonds. The van der Waals surface area contributed by atoms with Crippen molar-refractivity contribution in [2.75, 3.05) is 32.1 Å². The Hall–Kier alpha value is -3.52. The van der Waals surface area contributed by atoms with Crippen molar-refractivity contribution in [2.45, 2.75) is 40.3 Å². The number of fused-ring (bicyclic) bond motifs is 2. The average Bonchev–Trinajstić information content (AvgIpc) is 3.04. The van der Waals surface area contributed by atoms with E-state index >= 15 is 0 Å². The minimum Gasteiger partial charge on any atom is -0.491 e. The molecule has 0 saturated carbocycles. The summed E-state index contributed by atoms with van der Waals surface area (Å²) in [6, 6.07) is 8.45. The molecule has 0 fully saturated rings. The lowest BCUT2D eigenvalue weighted by atomic mass is 10.0. The van der Waals surface area contributed by atoms with Crippen molar-refractivity contribution in [3.63, 3.8) is 0 Å². The van der Waals surface area contributed by atoms with E-state index in [0.29, 0.717) is 13.2 Å². The summed E-state index contributed by atoms with van der Waals surface area (Å²) in [6.45, 7) is 9.02. The number of nitrogens with one attached hydrogen (secondary N) is 1. The lowest BCUT2D eigenvalue weighted by Gasteiger charge is -2.25. The van der Waals surface area contributed by atoms with Gasteiger partial charge in [-0.2, -0.15) is 0 Å². The smallest absolute Gasteiger partial charge is 0.157 e. The third-order valence-electron chi connectivity index (χ3n) is 6.18. The molecular formula is C26H31N7O. The molecule has 176 valence electrons. The molecule has 0 bridgehead atoms. The van der Waals surface area contributed by atoms with Gasteiger partial charge in [0.15, 0.2) is 5.65 Å². The molecule has 0 aliphatic carbocycles. The molecule has 5 rings (SSSR count). The predicted molar refractivity (Wildman–Crippen MR) is 134 cm³/mol. The van der Waals surface area contributed by atoms with Crippen LogP contribution in [-0.2, 0) is 19.5 Å². The van der Waals surface area contributed by atoms with E-state index in [9.17, 15) is 0 Å². The maximum atomic E-state index is 6.14. The zero-order chi connectivity index (χ0) is 23.8. The van der Waals surface area contributed by atoms with Crippen LogP contribution in [0.25, 0.3) is 22.3 Å². The number of hydrogen-bond donors (Lipinski definition) is 1. The zero-order valence-electron chi connectivity index (χ0n) is 20.5. The fraction of sp³-hybridized carbons (Fsp3) is 0.385. The topological polar surface area (TPSA) is 83.1 Å². The highest BCUT2D eigenvalue weighted by atomic mass is 16.5. The van der Waals surface area contributed by atoms with Crippen molar-refractivity contribution < 1.29 is 4.74 Å².